The fourth-order valence-corrected chi connectivity index (χ4v) is 3.57. The minimum absolute atomic E-state index is 0.294. The molecule has 0 aromatic rings. The molecule has 0 bridgehead atoms. The summed E-state index contributed by atoms with van der Waals surface area (Å²) in [6, 6.07) is 1.13. The first-order valence-electron chi connectivity index (χ1n) is 8.01. The summed E-state index contributed by atoms with van der Waals surface area (Å²) in [6.07, 6.45) is 6.29. The van der Waals surface area contributed by atoms with Crippen LogP contribution in [0.2, 0.25) is 19.1 Å². The van der Waals surface area contributed by atoms with E-state index in [0.29, 0.717) is 12.8 Å². The van der Waals surface area contributed by atoms with E-state index < -0.39 is 29.7 Å². The summed E-state index contributed by atoms with van der Waals surface area (Å²) in [7, 11) is -5.51. The number of esters is 1. The van der Waals surface area contributed by atoms with Crippen molar-refractivity contribution >= 4 is 24.4 Å². The SMILES string of the molecule is CO[Si](C)(C)CCCCCCCCCOC(=O)C(F)(F)S(=O)(=O)O. The van der Waals surface area contributed by atoms with Gasteiger partial charge in [0.25, 0.3) is 0 Å². The molecule has 0 radical (unpaired) electrons. The van der Waals surface area contributed by atoms with Crippen LogP contribution in [0.1, 0.15) is 44.9 Å². The zero-order valence-electron chi connectivity index (χ0n) is 14.5. The first-order valence-corrected chi connectivity index (χ1v) is 12.6. The van der Waals surface area contributed by atoms with Crippen molar-refractivity contribution in [2.75, 3.05) is 13.7 Å². The zero-order valence-corrected chi connectivity index (χ0v) is 16.3. The maximum Gasteiger partial charge on any atom is 0.465 e. The van der Waals surface area contributed by atoms with E-state index in [-0.39, 0.29) is 6.61 Å². The second kappa shape index (κ2) is 10.4. The third kappa shape index (κ3) is 9.05. The summed E-state index contributed by atoms with van der Waals surface area (Å²) in [4.78, 5) is 10.9. The molecule has 0 atom stereocenters. The molecular weight excluding hydrogens is 362 g/mol. The number of carbonyl (C=O) groups is 1. The Kier molecular flexibility index (Phi) is 10.2. The van der Waals surface area contributed by atoms with E-state index in [9.17, 15) is 22.0 Å². The smallest absolute Gasteiger partial charge is 0.460 e. The van der Waals surface area contributed by atoms with Crippen molar-refractivity contribution in [3.8, 4) is 0 Å². The first-order chi connectivity index (χ1) is 10.9. The highest BCUT2D eigenvalue weighted by Crippen LogP contribution is 2.22. The van der Waals surface area contributed by atoms with Gasteiger partial charge < -0.3 is 9.16 Å². The molecule has 10 heteroatoms. The fourth-order valence-electron chi connectivity index (χ4n) is 1.99. The molecule has 24 heavy (non-hydrogen) atoms. The molecular formula is C14H28F2O6SSi. The highest BCUT2D eigenvalue weighted by atomic mass is 32.2. The van der Waals surface area contributed by atoms with Crippen molar-refractivity contribution < 1.29 is 35.7 Å². The van der Waals surface area contributed by atoms with Gasteiger partial charge in [-0.1, -0.05) is 38.5 Å². The lowest BCUT2D eigenvalue weighted by molar-refractivity contribution is -0.161. The number of alkyl halides is 2. The number of halogens is 2. The molecule has 0 aromatic heterocycles. The van der Waals surface area contributed by atoms with Crippen molar-refractivity contribution in [1.82, 2.24) is 0 Å². The van der Waals surface area contributed by atoms with Crippen LogP contribution in [0.4, 0.5) is 8.78 Å². The minimum Gasteiger partial charge on any atom is -0.460 e. The Balaban J connectivity index is 3.64. The highest BCUT2D eigenvalue weighted by molar-refractivity contribution is 7.87. The van der Waals surface area contributed by atoms with Gasteiger partial charge in [0.2, 0.25) is 0 Å². The predicted octanol–water partition coefficient (Wildman–Crippen LogP) is 3.59. The maximum absolute atomic E-state index is 12.9. The minimum atomic E-state index is -5.79. The molecule has 0 heterocycles. The summed E-state index contributed by atoms with van der Waals surface area (Å²) < 4.78 is 64.3. The van der Waals surface area contributed by atoms with E-state index in [1.165, 1.54) is 0 Å². The number of rotatable bonds is 13. The van der Waals surface area contributed by atoms with Crippen LogP contribution in [-0.4, -0.2) is 46.2 Å². The van der Waals surface area contributed by atoms with Crippen molar-refractivity contribution in [2.45, 2.75) is 69.3 Å². The summed E-state index contributed by atoms with van der Waals surface area (Å²) in [5.74, 6) is -2.24. The van der Waals surface area contributed by atoms with E-state index in [2.05, 4.69) is 17.8 Å². The molecule has 0 saturated carbocycles. The van der Waals surface area contributed by atoms with Crippen LogP contribution in [0.3, 0.4) is 0 Å². The topological polar surface area (TPSA) is 89.9 Å². The highest BCUT2D eigenvalue weighted by Gasteiger charge is 2.54. The third-order valence-corrected chi connectivity index (χ3v) is 7.25. The molecule has 0 aliphatic carbocycles. The maximum atomic E-state index is 12.9. The molecule has 0 aliphatic rings. The van der Waals surface area contributed by atoms with Gasteiger partial charge in [-0.2, -0.15) is 17.2 Å². The second-order valence-electron chi connectivity index (χ2n) is 6.32. The lowest BCUT2D eigenvalue weighted by atomic mass is 10.1. The zero-order chi connectivity index (χ0) is 18.9. The Bertz CT molecular complexity index is 482. The lowest BCUT2D eigenvalue weighted by Crippen LogP contribution is -2.39. The van der Waals surface area contributed by atoms with Crippen LogP contribution < -0.4 is 0 Å². The molecule has 0 spiro atoms. The monoisotopic (exact) mass is 390 g/mol. The molecule has 0 amide bonds. The molecule has 1 N–H and O–H groups in total. The van der Waals surface area contributed by atoms with E-state index in [4.69, 9.17) is 8.98 Å². The van der Waals surface area contributed by atoms with E-state index in [1.807, 2.05) is 0 Å². The third-order valence-electron chi connectivity index (χ3n) is 3.77. The average molecular weight is 391 g/mol. The Morgan fingerprint density at radius 1 is 1.04 bits per heavy atom. The molecule has 0 aromatic carbocycles. The van der Waals surface area contributed by atoms with Gasteiger partial charge in [0.15, 0.2) is 8.32 Å². The van der Waals surface area contributed by atoms with Crippen LogP contribution >= 0.6 is 0 Å². The summed E-state index contributed by atoms with van der Waals surface area (Å²) in [5.41, 5.74) is 0. The molecule has 0 rings (SSSR count). The largest absolute Gasteiger partial charge is 0.465 e. The molecule has 6 nitrogen and oxygen atoms in total. The van der Waals surface area contributed by atoms with Crippen LogP contribution in [0.15, 0.2) is 0 Å². The summed E-state index contributed by atoms with van der Waals surface area (Å²) in [5, 5.41) is -4.91. The van der Waals surface area contributed by atoms with Crippen molar-refractivity contribution in [1.29, 1.82) is 0 Å². The van der Waals surface area contributed by atoms with Crippen LogP contribution in [0.5, 0.6) is 0 Å². The average Bonchev–Trinajstić information content (AvgIpc) is 2.47. The van der Waals surface area contributed by atoms with Crippen molar-refractivity contribution in [2.24, 2.45) is 0 Å². The number of unbranched alkanes of at least 4 members (excludes halogenated alkanes) is 6. The number of ether oxygens (including phenoxy) is 1. The van der Waals surface area contributed by atoms with Gasteiger partial charge in [0.1, 0.15) is 0 Å². The molecule has 0 unspecified atom stereocenters. The molecule has 0 saturated heterocycles. The van der Waals surface area contributed by atoms with Gasteiger partial charge in [0, 0.05) is 7.11 Å². The van der Waals surface area contributed by atoms with Gasteiger partial charge in [-0.3, -0.25) is 4.55 Å². The van der Waals surface area contributed by atoms with E-state index in [0.717, 1.165) is 38.1 Å². The number of hydrogen-bond donors (Lipinski definition) is 1. The van der Waals surface area contributed by atoms with E-state index in [1.54, 1.807) is 7.11 Å². The fraction of sp³-hybridized carbons (Fsp3) is 0.929. The van der Waals surface area contributed by atoms with Crippen molar-refractivity contribution in [3.05, 3.63) is 0 Å². The van der Waals surface area contributed by atoms with Gasteiger partial charge in [0.05, 0.1) is 6.61 Å². The van der Waals surface area contributed by atoms with Gasteiger partial charge in [-0.15, -0.1) is 0 Å². The molecule has 0 aliphatic heterocycles. The molecule has 144 valence electrons. The quantitative estimate of drug-likeness (QED) is 0.224. The van der Waals surface area contributed by atoms with E-state index >= 15 is 0 Å². The van der Waals surface area contributed by atoms with Crippen LogP contribution in [0.25, 0.3) is 0 Å². The standard InChI is InChI=1S/C14H28F2O6SSi/c1-21-24(2,3)12-10-8-6-4-5-7-9-11-22-13(17)14(15,16)23(18,19)20/h4-12H2,1-3H3,(H,18,19,20). The van der Waals surface area contributed by atoms with Crippen LogP contribution in [-0.2, 0) is 24.1 Å². The lowest BCUT2D eigenvalue weighted by Gasteiger charge is -2.19. The van der Waals surface area contributed by atoms with Gasteiger partial charge in [-0.25, -0.2) is 4.79 Å². The predicted molar refractivity (Wildman–Crippen MR) is 89.1 cm³/mol. The van der Waals surface area contributed by atoms with Crippen molar-refractivity contribution in [3.63, 3.8) is 0 Å². The number of carbonyl (C=O) groups excluding carboxylic acids is 1. The van der Waals surface area contributed by atoms with Gasteiger partial charge in [-0.05, 0) is 25.6 Å². The Labute approximate surface area is 143 Å². The normalized spacial score (nSPS) is 13.1. The Morgan fingerprint density at radius 3 is 1.96 bits per heavy atom. The summed E-state index contributed by atoms with van der Waals surface area (Å²) >= 11 is 0. The van der Waals surface area contributed by atoms with Gasteiger partial charge >= 0.3 is 21.3 Å². The second-order valence-corrected chi connectivity index (χ2v) is 12.2. The molecule has 0 fully saturated rings. The van der Waals surface area contributed by atoms with Crippen LogP contribution in [0, 0.1) is 0 Å². The Hall–Kier alpha value is -0.583. The Morgan fingerprint density at radius 2 is 1.50 bits per heavy atom. The first kappa shape index (κ1) is 23.4. The summed E-state index contributed by atoms with van der Waals surface area (Å²) in [6.45, 7) is 4.07. The number of hydrogen-bond acceptors (Lipinski definition) is 5.